The minimum absolute atomic E-state index is 0.240. The van der Waals surface area contributed by atoms with E-state index in [2.05, 4.69) is 4.98 Å². The molecule has 0 saturated carbocycles. The molecule has 0 spiro atoms. The normalized spacial score (nSPS) is 10.9. The largest absolute Gasteiger partial charge is 0.434 e. The molecule has 3 aromatic rings. The van der Waals surface area contributed by atoms with Crippen LogP contribution in [0.5, 0.6) is 0 Å². The van der Waals surface area contributed by atoms with Gasteiger partial charge in [0.25, 0.3) is 5.89 Å². The average Bonchev–Trinajstić information content (AvgIpc) is 2.93. The Morgan fingerprint density at radius 2 is 2.06 bits per heavy atom. The summed E-state index contributed by atoms with van der Waals surface area (Å²) in [5.41, 5.74) is 2.38. The Morgan fingerprint density at radius 3 is 2.78 bits per heavy atom. The van der Waals surface area contributed by atoms with Crippen molar-refractivity contribution in [3.8, 4) is 11.7 Å². The molecular weight excluding hydrogens is 236 g/mol. The van der Waals surface area contributed by atoms with Crippen molar-refractivity contribution in [3.63, 3.8) is 0 Å². The molecule has 0 amide bonds. The van der Waals surface area contributed by atoms with Gasteiger partial charge in [0.1, 0.15) is 10.4 Å². The van der Waals surface area contributed by atoms with E-state index in [1.54, 1.807) is 6.07 Å². The van der Waals surface area contributed by atoms with Gasteiger partial charge >= 0.3 is 5.88 Å². The van der Waals surface area contributed by atoms with Crippen molar-refractivity contribution in [1.82, 2.24) is 4.98 Å². The Hall–Kier alpha value is -2.63. The molecule has 6 nitrogen and oxygen atoms in total. The van der Waals surface area contributed by atoms with Gasteiger partial charge in [0, 0.05) is 0 Å². The van der Waals surface area contributed by atoms with Gasteiger partial charge in [0.05, 0.1) is 6.07 Å². The predicted molar refractivity (Wildman–Crippen MR) is 63.1 cm³/mol. The van der Waals surface area contributed by atoms with E-state index >= 15 is 0 Å². The number of oxazole rings is 1. The molecule has 0 aliphatic rings. The lowest BCUT2D eigenvalue weighted by atomic mass is 10.2. The van der Waals surface area contributed by atoms with Crippen LogP contribution in [0.15, 0.2) is 39.2 Å². The molecule has 3 rings (SSSR count). The fourth-order valence-electron chi connectivity index (χ4n) is 1.68. The molecule has 0 unspecified atom stereocenters. The topological polar surface area (TPSA) is 82.3 Å². The molecule has 2 heterocycles. The van der Waals surface area contributed by atoms with Crippen molar-refractivity contribution in [1.29, 1.82) is 0 Å². The number of rotatable bonds is 2. The third-order valence-corrected chi connectivity index (χ3v) is 2.53. The van der Waals surface area contributed by atoms with Crippen molar-refractivity contribution in [2.45, 2.75) is 6.92 Å². The monoisotopic (exact) mass is 244 g/mol. The van der Waals surface area contributed by atoms with Crippen LogP contribution in [0.25, 0.3) is 22.8 Å². The minimum atomic E-state index is -0.601. The summed E-state index contributed by atoms with van der Waals surface area (Å²) in [5.74, 6) is 0.155. The summed E-state index contributed by atoms with van der Waals surface area (Å²) in [4.78, 5) is 14.2. The second kappa shape index (κ2) is 3.69. The lowest BCUT2D eigenvalue weighted by molar-refractivity contribution is -0.401. The molecule has 0 radical (unpaired) electrons. The van der Waals surface area contributed by atoms with Crippen molar-refractivity contribution in [2.75, 3.05) is 0 Å². The van der Waals surface area contributed by atoms with Crippen LogP contribution in [-0.4, -0.2) is 9.91 Å². The zero-order chi connectivity index (χ0) is 12.7. The maximum Gasteiger partial charge on any atom is 0.433 e. The van der Waals surface area contributed by atoms with Crippen molar-refractivity contribution in [2.24, 2.45) is 0 Å². The van der Waals surface area contributed by atoms with Crippen LogP contribution < -0.4 is 0 Å². The highest BCUT2D eigenvalue weighted by Gasteiger charge is 2.17. The van der Waals surface area contributed by atoms with Crippen molar-refractivity contribution >= 4 is 17.0 Å². The van der Waals surface area contributed by atoms with E-state index in [9.17, 15) is 10.1 Å². The summed E-state index contributed by atoms with van der Waals surface area (Å²) in [6, 6.07) is 8.32. The summed E-state index contributed by atoms with van der Waals surface area (Å²) in [5, 5.41) is 10.5. The van der Waals surface area contributed by atoms with Gasteiger partial charge in [0.2, 0.25) is 0 Å². The van der Waals surface area contributed by atoms with Gasteiger partial charge in [-0.3, -0.25) is 10.1 Å². The number of aromatic nitrogens is 1. The highest BCUT2D eigenvalue weighted by atomic mass is 16.6. The fourth-order valence-corrected chi connectivity index (χ4v) is 1.68. The van der Waals surface area contributed by atoms with Crippen LogP contribution in [0.1, 0.15) is 5.56 Å². The molecule has 0 atom stereocenters. The van der Waals surface area contributed by atoms with Gasteiger partial charge in [-0.1, -0.05) is 6.07 Å². The number of hydrogen-bond acceptors (Lipinski definition) is 5. The Balaban J connectivity index is 2.10. The molecule has 18 heavy (non-hydrogen) atoms. The second-order valence-corrected chi connectivity index (χ2v) is 3.89. The van der Waals surface area contributed by atoms with E-state index in [1.807, 2.05) is 19.1 Å². The van der Waals surface area contributed by atoms with Gasteiger partial charge in [-0.15, -0.1) is 0 Å². The van der Waals surface area contributed by atoms with E-state index in [-0.39, 0.29) is 17.5 Å². The summed E-state index contributed by atoms with van der Waals surface area (Å²) < 4.78 is 10.5. The summed E-state index contributed by atoms with van der Waals surface area (Å²) >= 11 is 0. The molecule has 0 bridgehead atoms. The molecular formula is C12H8N2O4. The van der Waals surface area contributed by atoms with Gasteiger partial charge in [-0.05, 0) is 30.7 Å². The van der Waals surface area contributed by atoms with Crippen LogP contribution in [0.4, 0.5) is 5.88 Å². The van der Waals surface area contributed by atoms with Crippen LogP contribution in [-0.2, 0) is 0 Å². The smallest absolute Gasteiger partial charge is 0.433 e. The lowest BCUT2D eigenvalue weighted by Crippen LogP contribution is -1.82. The summed E-state index contributed by atoms with van der Waals surface area (Å²) in [7, 11) is 0. The molecule has 6 heteroatoms. The van der Waals surface area contributed by atoms with Crippen LogP contribution in [0, 0.1) is 17.0 Å². The van der Waals surface area contributed by atoms with E-state index in [0.717, 1.165) is 5.56 Å². The first kappa shape index (κ1) is 10.5. The highest BCUT2D eigenvalue weighted by Crippen LogP contribution is 2.28. The van der Waals surface area contributed by atoms with Crippen LogP contribution in [0.3, 0.4) is 0 Å². The molecule has 90 valence electrons. The maximum absolute atomic E-state index is 10.5. The number of aryl methyl sites for hydroxylation is 1. The van der Waals surface area contributed by atoms with E-state index < -0.39 is 4.92 Å². The molecule has 0 N–H and O–H groups in total. The third-order valence-electron chi connectivity index (χ3n) is 2.53. The maximum atomic E-state index is 10.5. The number of nitro groups is 1. The molecule has 2 aromatic heterocycles. The third kappa shape index (κ3) is 1.64. The first-order chi connectivity index (χ1) is 8.63. The average molecular weight is 244 g/mol. The Morgan fingerprint density at radius 1 is 1.22 bits per heavy atom. The first-order valence-electron chi connectivity index (χ1n) is 5.25. The van der Waals surface area contributed by atoms with Gasteiger partial charge in [0.15, 0.2) is 11.3 Å². The van der Waals surface area contributed by atoms with E-state index in [1.165, 1.54) is 12.1 Å². The first-order valence-corrected chi connectivity index (χ1v) is 5.25. The Labute approximate surface area is 101 Å². The highest BCUT2D eigenvalue weighted by molar-refractivity contribution is 5.76. The van der Waals surface area contributed by atoms with E-state index in [0.29, 0.717) is 11.1 Å². The van der Waals surface area contributed by atoms with Crippen molar-refractivity contribution in [3.05, 3.63) is 46.0 Å². The van der Waals surface area contributed by atoms with E-state index in [4.69, 9.17) is 8.83 Å². The molecule has 0 saturated heterocycles. The quantitative estimate of drug-likeness (QED) is 0.510. The predicted octanol–water partition coefficient (Wildman–Crippen LogP) is 3.30. The standard InChI is InChI=1S/C12H8N2O4/c1-7-2-3-9-8(6-7)13-12(18-9)10-4-5-11(17-10)14(15)16/h2-6H,1H3. The SMILES string of the molecule is Cc1ccc2oc(-c3ccc([N+](=O)[O-])o3)nc2c1. The number of fused-ring (bicyclic) bond motifs is 1. The van der Waals surface area contributed by atoms with Gasteiger partial charge in [-0.25, -0.2) is 4.98 Å². The number of furan rings is 1. The van der Waals surface area contributed by atoms with Crippen LogP contribution >= 0.6 is 0 Å². The number of hydrogen-bond donors (Lipinski definition) is 0. The Kier molecular flexibility index (Phi) is 2.16. The number of nitrogens with zero attached hydrogens (tertiary/aromatic N) is 2. The van der Waals surface area contributed by atoms with Crippen molar-refractivity contribution < 1.29 is 13.8 Å². The second-order valence-electron chi connectivity index (χ2n) is 3.89. The Bertz CT molecular complexity index is 741. The molecule has 0 aliphatic heterocycles. The molecule has 0 aliphatic carbocycles. The summed E-state index contributed by atoms with van der Waals surface area (Å²) in [6.45, 7) is 1.95. The van der Waals surface area contributed by atoms with Gasteiger partial charge in [-0.2, -0.15) is 0 Å². The minimum Gasteiger partial charge on any atom is -0.434 e. The lowest BCUT2D eigenvalue weighted by Gasteiger charge is -1.87. The number of benzene rings is 1. The zero-order valence-corrected chi connectivity index (χ0v) is 9.41. The molecule has 0 fully saturated rings. The summed E-state index contributed by atoms with van der Waals surface area (Å²) in [6.07, 6.45) is 0. The van der Waals surface area contributed by atoms with Gasteiger partial charge < -0.3 is 8.83 Å². The molecule has 1 aromatic carbocycles. The zero-order valence-electron chi connectivity index (χ0n) is 9.41. The van der Waals surface area contributed by atoms with Crippen LogP contribution in [0.2, 0.25) is 0 Å². The fraction of sp³-hybridized carbons (Fsp3) is 0.0833.